The highest BCUT2D eigenvalue weighted by Crippen LogP contribution is 2.24. The molecule has 0 spiro atoms. The number of nitro benzene ring substituents is 1. The molecular weight excluding hydrogens is 356 g/mol. The van der Waals surface area contributed by atoms with Gasteiger partial charge in [0.25, 0.3) is 5.69 Å². The lowest BCUT2D eigenvalue weighted by Gasteiger charge is -2.03. The van der Waals surface area contributed by atoms with Crippen LogP contribution in [0.25, 0.3) is 22.3 Å². The summed E-state index contributed by atoms with van der Waals surface area (Å²) in [7, 11) is 0. The van der Waals surface area contributed by atoms with Crippen LogP contribution in [0.4, 0.5) is 11.4 Å². The molecule has 136 valence electrons. The second kappa shape index (κ2) is 7.28. The lowest BCUT2D eigenvalue weighted by molar-refractivity contribution is -0.384. The Balaban J connectivity index is 1.57. The second-order valence-electron chi connectivity index (χ2n) is 6.12. The van der Waals surface area contributed by atoms with E-state index in [9.17, 15) is 14.9 Å². The van der Waals surface area contributed by atoms with E-state index in [1.165, 1.54) is 18.2 Å². The first kappa shape index (κ1) is 17.4. The van der Waals surface area contributed by atoms with Crippen molar-refractivity contribution in [3.8, 4) is 11.3 Å². The monoisotopic (exact) mass is 370 g/mol. The number of benzene rings is 3. The number of non-ortho nitro benzene ring substituents is 1. The zero-order chi connectivity index (χ0) is 19.5. The van der Waals surface area contributed by atoms with Crippen molar-refractivity contribution in [1.82, 2.24) is 0 Å². The molecule has 0 aliphatic carbocycles. The topological polar surface area (TPSA) is 85.7 Å². The molecule has 0 amide bonds. The molecule has 1 aromatic heterocycles. The van der Waals surface area contributed by atoms with Gasteiger partial charge in [-0.15, -0.1) is 0 Å². The number of rotatable bonds is 4. The lowest BCUT2D eigenvalue weighted by atomic mass is 10.1. The van der Waals surface area contributed by atoms with Crippen molar-refractivity contribution in [2.45, 2.75) is 0 Å². The number of hydrogen-bond donors (Lipinski definition) is 0. The average molecular weight is 370 g/mol. The van der Waals surface area contributed by atoms with E-state index in [4.69, 9.17) is 4.42 Å². The zero-order valence-corrected chi connectivity index (χ0v) is 14.6. The quantitative estimate of drug-likeness (QED) is 0.283. The summed E-state index contributed by atoms with van der Waals surface area (Å²) in [6, 6.07) is 22.0. The van der Waals surface area contributed by atoms with Crippen LogP contribution >= 0.6 is 0 Å². The van der Waals surface area contributed by atoms with Gasteiger partial charge >= 0.3 is 0 Å². The molecule has 0 bridgehead atoms. The van der Waals surface area contributed by atoms with Crippen molar-refractivity contribution >= 4 is 28.6 Å². The fourth-order valence-electron chi connectivity index (χ4n) is 2.79. The molecule has 0 radical (unpaired) electrons. The van der Waals surface area contributed by atoms with Crippen LogP contribution in [0.3, 0.4) is 0 Å². The molecule has 0 unspecified atom stereocenters. The molecule has 0 saturated carbocycles. The van der Waals surface area contributed by atoms with Crippen molar-refractivity contribution in [3.05, 3.63) is 105 Å². The molecule has 0 fully saturated rings. The van der Waals surface area contributed by atoms with Crippen molar-refractivity contribution in [2.75, 3.05) is 0 Å². The first-order valence-corrected chi connectivity index (χ1v) is 8.52. The van der Waals surface area contributed by atoms with Crippen molar-refractivity contribution in [1.29, 1.82) is 0 Å². The summed E-state index contributed by atoms with van der Waals surface area (Å²) < 4.78 is 5.83. The molecule has 0 aliphatic rings. The van der Waals surface area contributed by atoms with Gasteiger partial charge in [0.1, 0.15) is 11.3 Å². The van der Waals surface area contributed by atoms with E-state index in [0.717, 1.165) is 11.1 Å². The number of aliphatic imine (C=N–C) groups is 1. The molecule has 0 atom stereocenters. The van der Waals surface area contributed by atoms with Crippen LogP contribution in [0.1, 0.15) is 5.56 Å². The molecular formula is C22H14N2O4. The van der Waals surface area contributed by atoms with Crippen LogP contribution in [0.15, 0.2) is 93.1 Å². The number of hydrogen-bond acceptors (Lipinski definition) is 5. The van der Waals surface area contributed by atoms with E-state index >= 15 is 0 Å². The molecule has 4 rings (SSSR count). The Labute approximate surface area is 159 Å². The predicted molar refractivity (Wildman–Crippen MR) is 108 cm³/mol. The summed E-state index contributed by atoms with van der Waals surface area (Å²) in [6.45, 7) is 0. The standard InChI is InChI=1S/C22H14N2O4/c25-20-13-22(28-21-4-2-1-3-19(20)21)16-7-9-17(10-8-16)23-14-15-5-11-18(12-6-15)24(26)27/h1-14H. The Bertz CT molecular complexity index is 1240. The Kier molecular flexibility index (Phi) is 4.51. The second-order valence-corrected chi connectivity index (χ2v) is 6.12. The van der Waals surface area contributed by atoms with Crippen LogP contribution in [-0.2, 0) is 0 Å². The highest BCUT2D eigenvalue weighted by atomic mass is 16.6. The van der Waals surface area contributed by atoms with Gasteiger partial charge in [0, 0.05) is 30.0 Å². The van der Waals surface area contributed by atoms with E-state index in [1.807, 2.05) is 30.3 Å². The molecule has 0 saturated heterocycles. The SMILES string of the molecule is O=c1cc(-c2ccc(N=Cc3ccc([N+](=O)[O-])cc3)cc2)oc2ccccc12. The van der Waals surface area contributed by atoms with Gasteiger partial charge in [0.05, 0.1) is 16.0 Å². The fraction of sp³-hybridized carbons (Fsp3) is 0. The number of para-hydroxylation sites is 1. The third-order valence-electron chi connectivity index (χ3n) is 4.25. The molecule has 0 aliphatic heterocycles. The van der Waals surface area contributed by atoms with E-state index in [1.54, 1.807) is 36.5 Å². The normalized spacial score (nSPS) is 11.1. The molecule has 1 heterocycles. The maximum Gasteiger partial charge on any atom is 0.269 e. The van der Waals surface area contributed by atoms with Crippen LogP contribution in [0.2, 0.25) is 0 Å². The lowest BCUT2D eigenvalue weighted by Crippen LogP contribution is -1.99. The largest absolute Gasteiger partial charge is 0.456 e. The third kappa shape index (κ3) is 3.57. The fourth-order valence-corrected chi connectivity index (χ4v) is 2.79. The van der Waals surface area contributed by atoms with Gasteiger partial charge in [-0.3, -0.25) is 19.9 Å². The Morgan fingerprint density at radius 3 is 2.36 bits per heavy atom. The average Bonchev–Trinajstić information content (AvgIpc) is 2.73. The number of fused-ring (bicyclic) bond motifs is 1. The summed E-state index contributed by atoms with van der Waals surface area (Å²) in [6.07, 6.45) is 1.63. The molecule has 6 heteroatoms. The summed E-state index contributed by atoms with van der Waals surface area (Å²) in [5, 5.41) is 11.2. The summed E-state index contributed by atoms with van der Waals surface area (Å²) >= 11 is 0. The van der Waals surface area contributed by atoms with E-state index < -0.39 is 4.92 Å². The summed E-state index contributed by atoms with van der Waals surface area (Å²) in [5.41, 5.74) is 2.75. The minimum Gasteiger partial charge on any atom is -0.456 e. The Morgan fingerprint density at radius 1 is 0.929 bits per heavy atom. The van der Waals surface area contributed by atoms with Gasteiger partial charge < -0.3 is 4.42 Å². The molecule has 28 heavy (non-hydrogen) atoms. The number of nitro groups is 1. The third-order valence-corrected chi connectivity index (χ3v) is 4.25. The van der Waals surface area contributed by atoms with Gasteiger partial charge in [-0.25, -0.2) is 0 Å². The highest BCUT2D eigenvalue weighted by molar-refractivity contribution is 5.82. The Hall–Kier alpha value is -4.06. The highest BCUT2D eigenvalue weighted by Gasteiger charge is 2.06. The summed E-state index contributed by atoms with van der Waals surface area (Å²) in [5.74, 6) is 0.495. The van der Waals surface area contributed by atoms with Gasteiger partial charge in [-0.2, -0.15) is 0 Å². The van der Waals surface area contributed by atoms with Crippen molar-refractivity contribution in [2.24, 2.45) is 4.99 Å². The zero-order valence-electron chi connectivity index (χ0n) is 14.6. The Morgan fingerprint density at radius 2 is 1.64 bits per heavy atom. The maximum absolute atomic E-state index is 12.2. The van der Waals surface area contributed by atoms with Crippen LogP contribution in [-0.4, -0.2) is 11.1 Å². The van der Waals surface area contributed by atoms with Crippen LogP contribution < -0.4 is 5.43 Å². The molecule has 4 aromatic rings. The van der Waals surface area contributed by atoms with Crippen LogP contribution in [0.5, 0.6) is 0 Å². The molecule has 3 aromatic carbocycles. The minimum atomic E-state index is -0.440. The predicted octanol–water partition coefficient (Wildman–Crippen LogP) is 5.12. The van der Waals surface area contributed by atoms with Crippen molar-refractivity contribution in [3.63, 3.8) is 0 Å². The molecule has 0 N–H and O–H groups in total. The first-order valence-electron chi connectivity index (χ1n) is 8.52. The van der Waals surface area contributed by atoms with E-state index in [2.05, 4.69) is 4.99 Å². The smallest absolute Gasteiger partial charge is 0.269 e. The van der Waals surface area contributed by atoms with Gasteiger partial charge in [0.2, 0.25) is 0 Å². The van der Waals surface area contributed by atoms with Gasteiger partial charge in [-0.1, -0.05) is 12.1 Å². The minimum absolute atomic E-state index is 0.0402. The van der Waals surface area contributed by atoms with Gasteiger partial charge in [-0.05, 0) is 54.1 Å². The van der Waals surface area contributed by atoms with Crippen LogP contribution in [0, 0.1) is 10.1 Å². The van der Waals surface area contributed by atoms with Crippen molar-refractivity contribution < 1.29 is 9.34 Å². The summed E-state index contributed by atoms with van der Waals surface area (Å²) in [4.78, 5) is 26.8. The number of nitrogens with zero attached hydrogens (tertiary/aromatic N) is 2. The van der Waals surface area contributed by atoms with E-state index in [0.29, 0.717) is 22.4 Å². The van der Waals surface area contributed by atoms with E-state index in [-0.39, 0.29) is 11.1 Å². The molecule has 6 nitrogen and oxygen atoms in total. The van der Waals surface area contributed by atoms with Gasteiger partial charge in [0.15, 0.2) is 5.43 Å². The maximum atomic E-state index is 12.2. The first-order chi connectivity index (χ1) is 13.6.